The third-order valence-corrected chi connectivity index (χ3v) is 4.31. The van der Waals surface area contributed by atoms with Crippen LogP contribution in [0.3, 0.4) is 0 Å². The second-order valence-electron chi connectivity index (χ2n) is 6.97. The number of para-hydroxylation sites is 1. The summed E-state index contributed by atoms with van der Waals surface area (Å²) in [6.07, 6.45) is 0.838. The number of anilines is 1. The number of nitrogens with zero attached hydrogens (tertiary/aromatic N) is 1. The van der Waals surface area contributed by atoms with Gasteiger partial charge in [0.05, 0.1) is 11.1 Å². The van der Waals surface area contributed by atoms with Crippen LogP contribution in [0.5, 0.6) is 0 Å². The molecule has 5 nitrogen and oxygen atoms in total. The van der Waals surface area contributed by atoms with Gasteiger partial charge >= 0.3 is 6.09 Å². The number of amides is 2. The first-order chi connectivity index (χ1) is 10.4. The quantitative estimate of drug-likeness (QED) is 0.800. The molecule has 1 N–H and O–H groups in total. The topological polar surface area (TPSA) is 58.6 Å². The van der Waals surface area contributed by atoms with Gasteiger partial charge in [-0.2, -0.15) is 0 Å². The third kappa shape index (κ3) is 2.29. The molecule has 1 aromatic rings. The lowest BCUT2D eigenvalue weighted by Gasteiger charge is -2.33. The van der Waals surface area contributed by atoms with Crippen molar-refractivity contribution in [2.45, 2.75) is 44.6 Å². The number of hydrogen-bond acceptors (Lipinski definition) is 4. The summed E-state index contributed by atoms with van der Waals surface area (Å²) in [6.45, 7) is 6.97. The van der Waals surface area contributed by atoms with E-state index in [1.807, 2.05) is 24.3 Å². The Morgan fingerprint density at radius 1 is 1.23 bits per heavy atom. The van der Waals surface area contributed by atoms with E-state index in [0.717, 1.165) is 18.7 Å². The fourth-order valence-electron chi connectivity index (χ4n) is 3.34. The highest BCUT2D eigenvalue weighted by Crippen LogP contribution is 2.47. The van der Waals surface area contributed by atoms with Crippen molar-refractivity contribution in [3.05, 3.63) is 29.8 Å². The van der Waals surface area contributed by atoms with Gasteiger partial charge in [-0.15, -0.1) is 0 Å². The zero-order valence-electron chi connectivity index (χ0n) is 13.3. The van der Waals surface area contributed by atoms with Crippen molar-refractivity contribution in [3.8, 4) is 0 Å². The molecule has 0 saturated carbocycles. The second-order valence-corrected chi connectivity index (χ2v) is 6.97. The average molecular weight is 302 g/mol. The Morgan fingerprint density at radius 3 is 2.50 bits per heavy atom. The highest BCUT2D eigenvalue weighted by Gasteiger charge is 2.53. The molecular weight excluding hydrogens is 280 g/mol. The first kappa shape index (κ1) is 15.0. The molecule has 0 radical (unpaired) electrons. The highest BCUT2D eigenvalue weighted by molar-refractivity contribution is 6.21. The number of fused-ring (bicyclic) bond motifs is 2. The molecule has 5 heteroatoms. The molecule has 2 heterocycles. The van der Waals surface area contributed by atoms with Crippen molar-refractivity contribution in [3.63, 3.8) is 0 Å². The molecule has 2 aliphatic heterocycles. The Kier molecular flexibility index (Phi) is 3.48. The van der Waals surface area contributed by atoms with Crippen LogP contribution in [-0.2, 0) is 14.9 Å². The maximum atomic E-state index is 13.1. The van der Waals surface area contributed by atoms with E-state index in [1.54, 1.807) is 20.8 Å². The lowest BCUT2D eigenvalue weighted by molar-refractivity contribution is -0.123. The Labute approximate surface area is 130 Å². The van der Waals surface area contributed by atoms with E-state index in [2.05, 4.69) is 5.32 Å². The molecule has 118 valence electrons. The van der Waals surface area contributed by atoms with Crippen LogP contribution < -0.4 is 10.2 Å². The maximum absolute atomic E-state index is 13.1. The molecule has 0 unspecified atom stereocenters. The first-order valence-corrected chi connectivity index (χ1v) is 7.73. The highest BCUT2D eigenvalue weighted by atomic mass is 16.6. The lowest BCUT2D eigenvalue weighted by Crippen LogP contribution is -2.49. The average Bonchev–Trinajstić information content (AvgIpc) is 2.68. The molecule has 1 fully saturated rings. The van der Waals surface area contributed by atoms with Gasteiger partial charge in [-0.25, -0.2) is 9.69 Å². The molecule has 1 aromatic carbocycles. The van der Waals surface area contributed by atoms with E-state index < -0.39 is 17.1 Å². The van der Waals surface area contributed by atoms with Crippen LogP contribution in [0.25, 0.3) is 0 Å². The monoisotopic (exact) mass is 302 g/mol. The Bertz CT molecular complexity index is 613. The number of piperidine rings is 1. The summed E-state index contributed by atoms with van der Waals surface area (Å²) in [5.41, 5.74) is 0.408. The van der Waals surface area contributed by atoms with Crippen LogP contribution in [0.1, 0.15) is 39.2 Å². The second kappa shape index (κ2) is 5.09. The van der Waals surface area contributed by atoms with Crippen LogP contribution in [0.4, 0.5) is 10.5 Å². The minimum atomic E-state index is -0.629. The fraction of sp³-hybridized carbons (Fsp3) is 0.529. The van der Waals surface area contributed by atoms with Crippen molar-refractivity contribution in [1.29, 1.82) is 0 Å². The normalized spacial score (nSPS) is 20.1. The van der Waals surface area contributed by atoms with Crippen LogP contribution in [-0.4, -0.2) is 30.7 Å². The molecule has 2 amide bonds. The number of carbonyl (C=O) groups is 2. The summed E-state index contributed by atoms with van der Waals surface area (Å²) in [7, 11) is 0. The van der Waals surface area contributed by atoms with Crippen LogP contribution in [0.15, 0.2) is 24.3 Å². The Balaban J connectivity index is 2.03. The predicted molar refractivity (Wildman–Crippen MR) is 83.9 cm³/mol. The molecule has 0 bridgehead atoms. The number of rotatable bonds is 0. The Hall–Kier alpha value is -1.88. The molecule has 2 aliphatic rings. The summed E-state index contributed by atoms with van der Waals surface area (Å²) in [5, 5.41) is 3.28. The number of carbonyl (C=O) groups excluding carboxylic acids is 2. The SMILES string of the molecule is CC(C)(C)OC(=O)N1C(=O)C2(CCNCC2)c2ccccc21. The van der Waals surface area contributed by atoms with Crippen LogP contribution in [0.2, 0.25) is 0 Å². The molecule has 0 aromatic heterocycles. The fourth-order valence-corrected chi connectivity index (χ4v) is 3.34. The third-order valence-electron chi connectivity index (χ3n) is 4.31. The van der Waals surface area contributed by atoms with Gasteiger partial charge in [-0.05, 0) is 58.3 Å². The van der Waals surface area contributed by atoms with Crippen molar-refractivity contribution >= 4 is 17.7 Å². The largest absolute Gasteiger partial charge is 0.443 e. The van der Waals surface area contributed by atoms with E-state index in [9.17, 15) is 9.59 Å². The summed E-state index contributed by atoms with van der Waals surface area (Å²) in [6, 6.07) is 7.56. The standard InChI is InChI=1S/C17H22N2O3/c1-16(2,3)22-15(21)19-13-7-5-4-6-12(13)17(14(19)20)8-10-18-11-9-17/h4-7,18H,8-11H2,1-3H3. The molecule has 3 rings (SSSR count). The van der Waals surface area contributed by atoms with Gasteiger partial charge in [-0.1, -0.05) is 18.2 Å². The van der Waals surface area contributed by atoms with E-state index in [4.69, 9.17) is 4.74 Å². The zero-order chi connectivity index (χ0) is 16.0. The molecule has 1 saturated heterocycles. The number of hydrogen-bond donors (Lipinski definition) is 1. The maximum Gasteiger partial charge on any atom is 0.421 e. The summed E-state index contributed by atoms with van der Waals surface area (Å²) < 4.78 is 5.43. The van der Waals surface area contributed by atoms with Crippen molar-refractivity contribution in [1.82, 2.24) is 5.32 Å². The van der Waals surface area contributed by atoms with Gasteiger partial charge in [0.15, 0.2) is 0 Å². The van der Waals surface area contributed by atoms with E-state index in [0.29, 0.717) is 18.5 Å². The van der Waals surface area contributed by atoms with Gasteiger partial charge in [0.25, 0.3) is 0 Å². The van der Waals surface area contributed by atoms with Gasteiger partial charge in [0.1, 0.15) is 5.60 Å². The van der Waals surface area contributed by atoms with Gasteiger partial charge in [-0.3, -0.25) is 4.79 Å². The smallest absolute Gasteiger partial charge is 0.421 e. The van der Waals surface area contributed by atoms with E-state index >= 15 is 0 Å². The van der Waals surface area contributed by atoms with E-state index in [-0.39, 0.29) is 5.91 Å². The van der Waals surface area contributed by atoms with Crippen LogP contribution >= 0.6 is 0 Å². The Morgan fingerprint density at radius 2 is 1.86 bits per heavy atom. The zero-order valence-corrected chi connectivity index (χ0v) is 13.3. The van der Waals surface area contributed by atoms with Crippen molar-refractivity contribution < 1.29 is 14.3 Å². The van der Waals surface area contributed by atoms with Crippen molar-refractivity contribution in [2.75, 3.05) is 18.0 Å². The number of ether oxygens (including phenoxy) is 1. The van der Waals surface area contributed by atoms with Crippen molar-refractivity contribution in [2.24, 2.45) is 0 Å². The molecule has 0 atom stereocenters. The van der Waals surface area contributed by atoms with Gasteiger partial charge in [0, 0.05) is 0 Å². The first-order valence-electron chi connectivity index (χ1n) is 7.73. The summed E-state index contributed by atoms with van der Waals surface area (Å²) in [4.78, 5) is 26.8. The lowest BCUT2D eigenvalue weighted by atomic mass is 9.74. The molecule has 0 aliphatic carbocycles. The molecule has 1 spiro atoms. The van der Waals surface area contributed by atoms with Gasteiger partial charge in [0.2, 0.25) is 5.91 Å². The minimum Gasteiger partial charge on any atom is -0.443 e. The number of nitrogens with one attached hydrogen (secondary N) is 1. The van der Waals surface area contributed by atoms with Crippen LogP contribution in [0, 0.1) is 0 Å². The number of imide groups is 1. The number of benzene rings is 1. The molecule has 22 heavy (non-hydrogen) atoms. The summed E-state index contributed by atoms with van der Waals surface area (Å²) >= 11 is 0. The molecular formula is C17H22N2O3. The van der Waals surface area contributed by atoms with Gasteiger partial charge < -0.3 is 10.1 Å². The predicted octanol–water partition coefficient (Wildman–Crippen LogP) is 2.59. The summed E-state index contributed by atoms with van der Waals surface area (Å²) in [5.74, 6) is -0.149. The van der Waals surface area contributed by atoms with E-state index in [1.165, 1.54) is 4.90 Å². The minimum absolute atomic E-state index is 0.149.